The molecule has 0 bridgehead atoms. The highest BCUT2D eigenvalue weighted by Crippen LogP contribution is 2.23. The molecule has 0 fully saturated rings. The number of rotatable bonds is 29. The van der Waals surface area contributed by atoms with Crippen LogP contribution >= 0.6 is 0 Å². The lowest BCUT2D eigenvalue weighted by Crippen LogP contribution is -2.47. The van der Waals surface area contributed by atoms with Crippen LogP contribution in [0.25, 0.3) is 11.0 Å². The maximum absolute atomic E-state index is 14.0. The van der Waals surface area contributed by atoms with E-state index in [4.69, 9.17) is 21.6 Å². The smallest absolute Gasteiger partial charge is 0.349 e. The first kappa shape index (κ1) is 49.0. The van der Waals surface area contributed by atoms with Crippen molar-refractivity contribution in [3.05, 3.63) is 76.1 Å². The molecule has 0 radical (unpaired) electrons. The van der Waals surface area contributed by atoms with E-state index in [1.165, 1.54) is 13.0 Å². The summed E-state index contributed by atoms with van der Waals surface area (Å²) < 4.78 is 5.49. The number of hydrogen-bond acceptors (Lipinski definition) is 11. The Morgan fingerprint density at radius 3 is 1.92 bits per heavy atom. The number of hydrogen-bond donors (Lipinski definition) is 6. The number of primary amides is 1. The number of nitrogens with one attached hydrogen (secondary N) is 3. The first-order chi connectivity index (χ1) is 28.8. The van der Waals surface area contributed by atoms with E-state index in [9.17, 15) is 33.6 Å². The fraction of sp³-hybridized carbons (Fsp3) is 0.533. The minimum absolute atomic E-state index is 0.119. The molecule has 4 atom stereocenters. The largest absolute Gasteiger partial charge is 0.422 e. The Hall–Kier alpha value is -5.41. The molecule has 4 amide bonds. The zero-order chi connectivity index (χ0) is 44.0. The van der Waals surface area contributed by atoms with Gasteiger partial charge in [0.2, 0.25) is 17.7 Å². The third kappa shape index (κ3) is 16.0. The van der Waals surface area contributed by atoms with Crippen molar-refractivity contribution in [2.75, 3.05) is 37.6 Å². The maximum atomic E-state index is 14.0. The van der Waals surface area contributed by atoms with Crippen molar-refractivity contribution in [1.29, 1.82) is 0 Å². The van der Waals surface area contributed by atoms with Crippen molar-refractivity contribution in [3.8, 4) is 0 Å². The average molecular weight is 832 g/mol. The van der Waals surface area contributed by atoms with Crippen LogP contribution in [-0.4, -0.2) is 80.0 Å². The van der Waals surface area contributed by atoms with Crippen LogP contribution in [0.1, 0.15) is 107 Å². The van der Waals surface area contributed by atoms with Crippen LogP contribution in [0.3, 0.4) is 0 Å². The van der Waals surface area contributed by atoms with Crippen LogP contribution < -0.4 is 43.7 Å². The highest BCUT2D eigenvalue weighted by molar-refractivity contribution is 5.97. The number of unbranched alkanes of at least 4 members (excludes halogenated alkanes) is 3. The summed E-state index contributed by atoms with van der Waals surface area (Å²) in [6, 6.07) is 14.5. The molecule has 3 aromatic rings. The average Bonchev–Trinajstić information content (AvgIpc) is 3.22. The molecule has 0 saturated carbocycles. The third-order valence-electron chi connectivity index (χ3n) is 10.7. The van der Waals surface area contributed by atoms with Gasteiger partial charge in [0.15, 0.2) is 11.6 Å². The second-order valence-corrected chi connectivity index (χ2v) is 15.3. The second kappa shape index (κ2) is 25.9. The predicted octanol–water partition coefficient (Wildman–Crippen LogP) is 3.67. The molecule has 9 N–H and O–H groups in total. The van der Waals surface area contributed by atoms with E-state index in [-0.39, 0.29) is 61.7 Å². The van der Waals surface area contributed by atoms with Gasteiger partial charge in [-0.3, -0.25) is 28.8 Å². The molecule has 2 aromatic carbocycles. The number of carbonyl (C=O) groups excluding carboxylic acids is 6. The number of carbonyl (C=O) groups is 6. The number of fused-ring (bicyclic) bond motifs is 1. The minimum atomic E-state index is -0.952. The van der Waals surface area contributed by atoms with Gasteiger partial charge in [0.1, 0.15) is 11.1 Å². The Labute approximate surface area is 352 Å². The van der Waals surface area contributed by atoms with Crippen LogP contribution in [0.5, 0.6) is 0 Å². The molecule has 0 spiro atoms. The molecule has 0 unspecified atom stereocenters. The van der Waals surface area contributed by atoms with Crippen molar-refractivity contribution >= 4 is 51.9 Å². The van der Waals surface area contributed by atoms with E-state index in [1.54, 1.807) is 6.07 Å². The zero-order valence-corrected chi connectivity index (χ0v) is 35.5. The third-order valence-corrected chi connectivity index (χ3v) is 10.7. The topological polar surface area (TPSA) is 250 Å². The summed E-state index contributed by atoms with van der Waals surface area (Å²) in [5.74, 6) is -4.42. The molecule has 60 heavy (non-hydrogen) atoms. The van der Waals surface area contributed by atoms with Gasteiger partial charge in [0.25, 0.3) is 5.91 Å². The summed E-state index contributed by atoms with van der Waals surface area (Å²) in [4.78, 5) is 93.8. The molecule has 15 heteroatoms. The van der Waals surface area contributed by atoms with Gasteiger partial charge >= 0.3 is 5.63 Å². The van der Waals surface area contributed by atoms with Crippen molar-refractivity contribution < 1.29 is 33.2 Å². The molecule has 1 heterocycles. The van der Waals surface area contributed by atoms with Crippen LogP contribution in [0.4, 0.5) is 5.69 Å². The van der Waals surface area contributed by atoms with Gasteiger partial charge in [-0.2, -0.15) is 0 Å². The highest BCUT2D eigenvalue weighted by atomic mass is 16.4. The molecule has 328 valence electrons. The quantitative estimate of drug-likeness (QED) is 0.0435. The standard InChI is InChI=1S/C45H65N7O8/c1-4-52(5-2)35-21-20-32-26-36(45(59)60-41(32)29-35)44(58)49-24-14-11-17-33(42(48)56)27-39(54)38(19-10-13-23-47)51-43(57)34(25-31-15-7-6-8-16-31)28-40(55)37(50-30(3)53)18-9-12-22-46/h6-8,15-16,20-21,26,29,33-34,37-38H,4-5,9-14,17-19,22-25,27-28,46-47H2,1-3H3,(H2,48,56)(H,49,58)(H,50,53)(H,51,57)/t33-,34-,37+,38+/m1/s1. The summed E-state index contributed by atoms with van der Waals surface area (Å²) in [5.41, 5.74) is 18.4. The number of amides is 4. The minimum Gasteiger partial charge on any atom is -0.422 e. The molecule has 3 rings (SSSR count). The van der Waals surface area contributed by atoms with Gasteiger partial charge in [-0.25, -0.2) is 4.79 Å². The number of Topliss-reactive ketones (excluding diaryl/α,β-unsaturated/α-hetero) is 2. The summed E-state index contributed by atoms with van der Waals surface area (Å²) in [6.45, 7) is 8.02. The Morgan fingerprint density at radius 1 is 0.733 bits per heavy atom. The number of anilines is 1. The van der Waals surface area contributed by atoms with Crippen LogP contribution in [0.2, 0.25) is 0 Å². The lowest BCUT2D eigenvalue weighted by molar-refractivity contribution is -0.134. The van der Waals surface area contributed by atoms with Crippen LogP contribution in [0.15, 0.2) is 63.8 Å². The van der Waals surface area contributed by atoms with E-state index >= 15 is 0 Å². The lowest BCUT2D eigenvalue weighted by Gasteiger charge is -2.25. The van der Waals surface area contributed by atoms with Gasteiger partial charge in [0.05, 0.1) is 12.1 Å². The monoisotopic (exact) mass is 831 g/mol. The number of benzene rings is 2. The molecule has 0 aliphatic carbocycles. The SMILES string of the molecule is CCN(CC)c1ccc2cc(C(=O)NCCCC[C@H](CC(=O)[C@H](CCCCN)NC(=O)[C@@H](CC(=O)[C@H](CCCCN)NC(C)=O)Cc3ccccc3)C(N)=O)c(=O)oc2c1. The van der Waals surface area contributed by atoms with E-state index in [0.717, 1.165) is 24.3 Å². The Balaban J connectivity index is 1.65. The maximum Gasteiger partial charge on any atom is 0.349 e. The molecular weight excluding hydrogens is 767 g/mol. The number of ketones is 2. The van der Waals surface area contributed by atoms with Gasteiger partial charge < -0.3 is 42.5 Å². The van der Waals surface area contributed by atoms with Gasteiger partial charge in [-0.1, -0.05) is 36.8 Å². The second-order valence-electron chi connectivity index (χ2n) is 15.3. The van der Waals surface area contributed by atoms with Gasteiger partial charge in [0, 0.05) is 68.4 Å². The van der Waals surface area contributed by atoms with Gasteiger partial charge in [-0.15, -0.1) is 0 Å². The Kier molecular flexibility index (Phi) is 21.2. The van der Waals surface area contributed by atoms with Gasteiger partial charge in [-0.05, 0) is 108 Å². The molecule has 0 saturated heterocycles. The first-order valence-corrected chi connectivity index (χ1v) is 21.3. The lowest BCUT2D eigenvalue weighted by atomic mass is 9.88. The van der Waals surface area contributed by atoms with Crippen LogP contribution in [-0.2, 0) is 30.4 Å². The van der Waals surface area contributed by atoms with Crippen molar-refractivity contribution in [2.24, 2.45) is 29.0 Å². The number of nitrogens with two attached hydrogens (primary N) is 3. The van der Waals surface area contributed by atoms with E-state index in [0.29, 0.717) is 69.0 Å². The van der Waals surface area contributed by atoms with E-state index in [1.807, 2.05) is 56.3 Å². The van der Waals surface area contributed by atoms with E-state index < -0.39 is 47.3 Å². The summed E-state index contributed by atoms with van der Waals surface area (Å²) >= 11 is 0. The normalized spacial score (nSPS) is 13.2. The van der Waals surface area contributed by atoms with Crippen molar-refractivity contribution in [3.63, 3.8) is 0 Å². The molecule has 1 aromatic heterocycles. The highest BCUT2D eigenvalue weighted by Gasteiger charge is 2.31. The van der Waals surface area contributed by atoms with Crippen molar-refractivity contribution in [2.45, 2.75) is 110 Å². The van der Waals surface area contributed by atoms with Crippen LogP contribution in [0, 0.1) is 11.8 Å². The molecule has 0 aliphatic heterocycles. The summed E-state index contributed by atoms with van der Waals surface area (Å²) in [7, 11) is 0. The number of nitrogens with zero attached hydrogens (tertiary/aromatic N) is 1. The predicted molar refractivity (Wildman–Crippen MR) is 233 cm³/mol. The molecule has 0 aliphatic rings. The fourth-order valence-electron chi connectivity index (χ4n) is 7.28. The fourth-order valence-corrected chi connectivity index (χ4v) is 7.28. The molecule has 15 nitrogen and oxygen atoms in total. The van der Waals surface area contributed by atoms with E-state index in [2.05, 4.69) is 20.9 Å². The Bertz CT molecular complexity index is 1930. The Morgan fingerprint density at radius 2 is 1.33 bits per heavy atom. The zero-order valence-electron chi connectivity index (χ0n) is 35.5. The molecular formula is C45H65N7O8. The van der Waals surface area contributed by atoms with Crippen molar-refractivity contribution in [1.82, 2.24) is 16.0 Å². The summed E-state index contributed by atoms with van der Waals surface area (Å²) in [5, 5.41) is 8.96. The summed E-state index contributed by atoms with van der Waals surface area (Å²) in [6.07, 6.45) is 4.09. The first-order valence-electron chi connectivity index (χ1n) is 21.3.